The Labute approximate surface area is 88.2 Å². The van der Waals surface area contributed by atoms with Crippen molar-refractivity contribution in [1.82, 2.24) is 0 Å². The molecule has 0 heterocycles. The van der Waals surface area contributed by atoms with Gasteiger partial charge in [-0.2, -0.15) is 0 Å². The van der Waals surface area contributed by atoms with Crippen LogP contribution in [0, 0.1) is 18.3 Å². The summed E-state index contributed by atoms with van der Waals surface area (Å²) in [5.41, 5.74) is 1.36. The van der Waals surface area contributed by atoms with Crippen molar-refractivity contribution in [2.75, 3.05) is 0 Å². The van der Waals surface area contributed by atoms with Crippen LogP contribution in [0.5, 0.6) is 0 Å². The first-order valence-corrected chi connectivity index (χ1v) is 5.31. The van der Waals surface area contributed by atoms with Crippen molar-refractivity contribution in [2.24, 2.45) is 5.92 Å². The van der Waals surface area contributed by atoms with Crippen molar-refractivity contribution >= 4 is 0 Å². The van der Waals surface area contributed by atoms with Crippen LogP contribution in [0.25, 0.3) is 0 Å². The maximum atomic E-state index is 9.47. The number of hydrogen-bond acceptors (Lipinski definition) is 1. The molecule has 0 spiro atoms. The average molecular weight is 194 g/mol. The minimum Gasteiger partial charge on any atom is -0.392 e. The van der Waals surface area contributed by atoms with E-state index in [9.17, 15) is 5.11 Å². The fraction of sp³-hybridized carbons (Fsp3) is 0.692. The van der Waals surface area contributed by atoms with E-state index in [1.54, 1.807) is 0 Å². The van der Waals surface area contributed by atoms with Crippen LogP contribution < -0.4 is 0 Å². The van der Waals surface area contributed by atoms with E-state index in [1.165, 1.54) is 5.57 Å². The Morgan fingerprint density at radius 2 is 2.14 bits per heavy atom. The van der Waals surface area contributed by atoms with Gasteiger partial charge in [-0.05, 0) is 39.0 Å². The van der Waals surface area contributed by atoms with E-state index in [1.807, 2.05) is 0 Å². The van der Waals surface area contributed by atoms with Crippen LogP contribution in [0.3, 0.4) is 0 Å². The van der Waals surface area contributed by atoms with Crippen molar-refractivity contribution in [3.05, 3.63) is 11.6 Å². The highest BCUT2D eigenvalue weighted by molar-refractivity contribution is 4.93. The molecule has 14 heavy (non-hydrogen) atoms. The van der Waals surface area contributed by atoms with Crippen LogP contribution in [0.1, 0.15) is 46.5 Å². The summed E-state index contributed by atoms with van der Waals surface area (Å²) in [5.74, 6) is 3.04. The molecule has 2 atom stereocenters. The topological polar surface area (TPSA) is 20.2 Å². The first-order valence-electron chi connectivity index (χ1n) is 5.31. The Morgan fingerprint density at radius 1 is 1.50 bits per heavy atom. The smallest absolute Gasteiger partial charge is 0.0651 e. The number of aliphatic hydroxyl groups excluding tert-OH is 1. The largest absolute Gasteiger partial charge is 0.392 e. The van der Waals surface area contributed by atoms with Gasteiger partial charge < -0.3 is 5.11 Å². The zero-order chi connectivity index (χ0) is 11.0. The molecule has 0 unspecified atom stereocenters. The van der Waals surface area contributed by atoms with Crippen LogP contribution in [0.15, 0.2) is 11.6 Å². The number of aliphatic hydroxyl groups is 1. The summed E-state index contributed by atoms with van der Waals surface area (Å²) in [6, 6.07) is 0. The Kier molecular flexibility index (Phi) is 7.24. The van der Waals surface area contributed by atoms with E-state index in [-0.39, 0.29) is 6.10 Å². The number of allylic oxidation sites excluding steroid dienone is 2. The lowest BCUT2D eigenvalue weighted by Gasteiger charge is -2.13. The molecule has 0 amide bonds. The van der Waals surface area contributed by atoms with Gasteiger partial charge in [0.15, 0.2) is 0 Å². The molecule has 0 radical (unpaired) electrons. The Morgan fingerprint density at radius 3 is 2.64 bits per heavy atom. The molecular formula is C13H22O. The third kappa shape index (κ3) is 7.89. The molecule has 80 valence electrons. The second-order valence-corrected chi connectivity index (χ2v) is 4.26. The zero-order valence-corrected chi connectivity index (χ0v) is 9.59. The highest BCUT2D eigenvalue weighted by atomic mass is 16.3. The number of rotatable bonds is 6. The average Bonchev–Trinajstić information content (AvgIpc) is 2.03. The Hall–Kier alpha value is -0.740. The summed E-state index contributed by atoms with van der Waals surface area (Å²) in [6.07, 6.45) is 10.6. The lowest BCUT2D eigenvalue weighted by Crippen LogP contribution is -2.10. The molecule has 0 aliphatic rings. The molecule has 1 nitrogen and oxygen atoms in total. The minimum absolute atomic E-state index is 0.318. The molecular weight excluding hydrogens is 172 g/mol. The molecule has 0 rings (SSSR count). The number of hydrogen-bond donors (Lipinski definition) is 1. The summed E-state index contributed by atoms with van der Waals surface area (Å²) in [7, 11) is 0. The number of terminal acetylenes is 1. The summed E-state index contributed by atoms with van der Waals surface area (Å²) in [6.45, 7) is 6.38. The highest BCUT2D eigenvalue weighted by Gasteiger charge is 2.08. The molecule has 0 aliphatic carbocycles. The second kappa shape index (κ2) is 7.64. The predicted octanol–water partition coefficient (Wildman–Crippen LogP) is 3.14. The van der Waals surface area contributed by atoms with Gasteiger partial charge in [0.2, 0.25) is 0 Å². The van der Waals surface area contributed by atoms with E-state index in [0.29, 0.717) is 12.3 Å². The van der Waals surface area contributed by atoms with E-state index in [2.05, 4.69) is 32.8 Å². The molecule has 0 aromatic carbocycles. The van der Waals surface area contributed by atoms with Crippen molar-refractivity contribution in [2.45, 2.75) is 52.6 Å². The minimum atomic E-state index is -0.318. The lowest BCUT2D eigenvalue weighted by atomic mass is 9.96. The van der Waals surface area contributed by atoms with Gasteiger partial charge in [0.25, 0.3) is 0 Å². The van der Waals surface area contributed by atoms with E-state index < -0.39 is 0 Å². The maximum absolute atomic E-state index is 9.47. The van der Waals surface area contributed by atoms with Gasteiger partial charge in [0.1, 0.15) is 0 Å². The SMILES string of the molecule is C#CC[C@@H](O)C[C@@H](C)CCC=C(C)C. The van der Waals surface area contributed by atoms with Crippen molar-refractivity contribution in [3.63, 3.8) is 0 Å². The molecule has 0 aliphatic heterocycles. The van der Waals surface area contributed by atoms with Gasteiger partial charge in [-0.1, -0.05) is 18.6 Å². The van der Waals surface area contributed by atoms with Crippen LogP contribution in [0.4, 0.5) is 0 Å². The molecule has 0 aromatic heterocycles. The van der Waals surface area contributed by atoms with E-state index >= 15 is 0 Å². The lowest BCUT2D eigenvalue weighted by molar-refractivity contribution is 0.148. The summed E-state index contributed by atoms with van der Waals surface area (Å²) < 4.78 is 0. The van der Waals surface area contributed by atoms with Gasteiger partial charge in [0.05, 0.1) is 6.10 Å². The summed E-state index contributed by atoms with van der Waals surface area (Å²) >= 11 is 0. The Balaban J connectivity index is 3.60. The molecule has 0 saturated heterocycles. The first-order chi connectivity index (χ1) is 6.56. The third-order valence-electron chi connectivity index (χ3n) is 2.24. The molecule has 0 saturated carbocycles. The molecule has 0 aromatic rings. The van der Waals surface area contributed by atoms with Crippen LogP contribution in [-0.4, -0.2) is 11.2 Å². The third-order valence-corrected chi connectivity index (χ3v) is 2.24. The normalized spacial score (nSPS) is 14.2. The van der Waals surface area contributed by atoms with E-state index in [0.717, 1.165) is 19.3 Å². The molecule has 0 fully saturated rings. The zero-order valence-electron chi connectivity index (χ0n) is 9.59. The fourth-order valence-electron chi connectivity index (χ4n) is 1.46. The molecule has 0 bridgehead atoms. The first kappa shape index (κ1) is 13.3. The van der Waals surface area contributed by atoms with Gasteiger partial charge >= 0.3 is 0 Å². The standard InChI is InChI=1S/C13H22O/c1-5-7-13(14)10-12(4)9-6-8-11(2)3/h1,8,12-14H,6-7,9-10H2,2-4H3/t12-,13+/m0/s1. The quantitative estimate of drug-likeness (QED) is 0.509. The van der Waals surface area contributed by atoms with Gasteiger partial charge in [0, 0.05) is 6.42 Å². The van der Waals surface area contributed by atoms with Gasteiger partial charge in [-0.25, -0.2) is 0 Å². The summed E-state index contributed by atoms with van der Waals surface area (Å²) in [4.78, 5) is 0. The second-order valence-electron chi connectivity index (χ2n) is 4.26. The Bertz CT molecular complexity index is 206. The highest BCUT2D eigenvalue weighted by Crippen LogP contribution is 2.15. The monoisotopic (exact) mass is 194 g/mol. The van der Waals surface area contributed by atoms with Gasteiger partial charge in [-0.3, -0.25) is 0 Å². The van der Waals surface area contributed by atoms with Crippen molar-refractivity contribution < 1.29 is 5.11 Å². The fourth-order valence-corrected chi connectivity index (χ4v) is 1.46. The summed E-state index contributed by atoms with van der Waals surface area (Å²) in [5, 5.41) is 9.47. The van der Waals surface area contributed by atoms with E-state index in [4.69, 9.17) is 6.42 Å². The molecule has 1 heteroatoms. The van der Waals surface area contributed by atoms with Crippen LogP contribution >= 0.6 is 0 Å². The van der Waals surface area contributed by atoms with Crippen molar-refractivity contribution in [3.8, 4) is 12.3 Å². The van der Waals surface area contributed by atoms with Crippen molar-refractivity contribution in [1.29, 1.82) is 0 Å². The maximum Gasteiger partial charge on any atom is 0.0651 e. The van der Waals surface area contributed by atoms with Crippen LogP contribution in [0.2, 0.25) is 0 Å². The molecule has 1 N–H and O–H groups in total. The van der Waals surface area contributed by atoms with Gasteiger partial charge in [-0.15, -0.1) is 12.3 Å². The van der Waals surface area contributed by atoms with Crippen LogP contribution in [-0.2, 0) is 0 Å². The predicted molar refractivity (Wildman–Crippen MR) is 61.9 cm³/mol.